The number of phenols is 1. The zero-order valence-electron chi connectivity index (χ0n) is 7.28. The van der Waals surface area contributed by atoms with E-state index >= 15 is 0 Å². The van der Waals surface area contributed by atoms with Crippen molar-refractivity contribution >= 4 is 0 Å². The van der Waals surface area contributed by atoms with E-state index in [0.717, 1.165) is 0 Å². The van der Waals surface area contributed by atoms with Gasteiger partial charge < -0.3 is 20.3 Å². The summed E-state index contributed by atoms with van der Waals surface area (Å²) in [5.74, 6) is 1.36. The van der Waals surface area contributed by atoms with Crippen LogP contribution in [0.15, 0.2) is 12.1 Å². The van der Waals surface area contributed by atoms with Crippen molar-refractivity contribution in [3.8, 4) is 17.2 Å². The second-order valence-corrected chi connectivity index (χ2v) is 3.02. The maximum Gasteiger partial charge on any atom is 0.231 e. The van der Waals surface area contributed by atoms with Crippen molar-refractivity contribution in [3.63, 3.8) is 0 Å². The van der Waals surface area contributed by atoms with Crippen molar-refractivity contribution in [2.75, 3.05) is 6.79 Å². The largest absolute Gasteiger partial charge is 0.507 e. The zero-order valence-corrected chi connectivity index (χ0v) is 7.28. The molecule has 0 amide bonds. The zero-order chi connectivity index (χ0) is 9.42. The second kappa shape index (κ2) is 2.81. The monoisotopic (exact) mass is 181 g/mol. The summed E-state index contributed by atoms with van der Waals surface area (Å²) < 4.78 is 10.4. The highest BCUT2D eigenvalue weighted by molar-refractivity contribution is 5.55. The molecule has 0 aliphatic carbocycles. The third kappa shape index (κ3) is 1.19. The van der Waals surface area contributed by atoms with E-state index in [1.165, 1.54) is 0 Å². The molecule has 0 saturated heterocycles. The Balaban J connectivity index is 2.58. The molecule has 2 rings (SSSR count). The number of fused-ring (bicyclic) bond motifs is 1. The van der Waals surface area contributed by atoms with Crippen molar-refractivity contribution in [1.29, 1.82) is 0 Å². The molecule has 1 aromatic carbocycles. The first kappa shape index (κ1) is 8.19. The van der Waals surface area contributed by atoms with E-state index in [1.54, 1.807) is 19.1 Å². The van der Waals surface area contributed by atoms with Crippen LogP contribution < -0.4 is 15.2 Å². The summed E-state index contributed by atoms with van der Waals surface area (Å²) in [4.78, 5) is 0. The van der Waals surface area contributed by atoms with Crippen LogP contribution in [0, 0.1) is 0 Å². The molecule has 0 saturated carbocycles. The van der Waals surface area contributed by atoms with E-state index < -0.39 is 0 Å². The fourth-order valence-corrected chi connectivity index (χ4v) is 1.42. The number of phenolic OH excluding ortho intramolecular Hbond substituents is 1. The van der Waals surface area contributed by atoms with Crippen LogP contribution in [0.5, 0.6) is 17.2 Å². The SMILES string of the molecule is CC(N)c1c(O)ccc2c1OCO2. The Kier molecular flexibility index (Phi) is 1.77. The first-order chi connectivity index (χ1) is 6.20. The Labute approximate surface area is 75.9 Å². The summed E-state index contributed by atoms with van der Waals surface area (Å²) in [6.07, 6.45) is 0. The van der Waals surface area contributed by atoms with Gasteiger partial charge >= 0.3 is 0 Å². The summed E-state index contributed by atoms with van der Waals surface area (Å²) in [7, 11) is 0. The maximum atomic E-state index is 9.53. The van der Waals surface area contributed by atoms with Gasteiger partial charge in [-0.05, 0) is 19.1 Å². The van der Waals surface area contributed by atoms with E-state index in [1.807, 2.05) is 0 Å². The summed E-state index contributed by atoms with van der Waals surface area (Å²) in [5, 5.41) is 9.53. The fourth-order valence-electron chi connectivity index (χ4n) is 1.42. The van der Waals surface area contributed by atoms with Gasteiger partial charge in [0.15, 0.2) is 11.5 Å². The molecule has 3 N–H and O–H groups in total. The highest BCUT2D eigenvalue weighted by atomic mass is 16.7. The number of rotatable bonds is 1. The predicted octanol–water partition coefficient (Wildman–Crippen LogP) is 1.14. The minimum absolute atomic E-state index is 0.152. The van der Waals surface area contributed by atoms with Crippen molar-refractivity contribution in [1.82, 2.24) is 0 Å². The lowest BCUT2D eigenvalue weighted by Crippen LogP contribution is -2.06. The Morgan fingerprint density at radius 2 is 2.23 bits per heavy atom. The van der Waals surface area contributed by atoms with E-state index in [-0.39, 0.29) is 18.6 Å². The first-order valence-corrected chi connectivity index (χ1v) is 4.07. The van der Waals surface area contributed by atoms with Gasteiger partial charge in [-0.25, -0.2) is 0 Å². The van der Waals surface area contributed by atoms with Crippen LogP contribution >= 0.6 is 0 Å². The average Bonchev–Trinajstić information content (AvgIpc) is 2.50. The number of ether oxygens (including phenoxy) is 2. The van der Waals surface area contributed by atoms with Gasteiger partial charge in [0, 0.05) is 6.04 Å². The van der Waals surface area contributed by atoms with Crippen molar-refractivity contribution in [3.05, 3.63) is 17.7 Å². The van der Waals surface area contributed by atoms with Gasteiger partial charge in [-0.3, -0.25) is 0 Å². The first-order valence-electron chi connectivity index (χ1n) is 4.07. The Hall–Kier alpha value is -1.42. The van der Waals surface area contributed by atoms with E-state index in [9.17, 15) is 5.11 Å². The molecular formula is C9H11NO3. The maximum absolute atomic E-state index is 9.53. The Bertz CT molecular complexity index is 336. The van der Waals surface area contributed by atoms with Gasteiger partial charge in [0.1, 0.15) is 5.75 Å². The molecule has 4 heteroatoms. The normalized spacial score (nSPS) is 15.8. The third-order valence-corrected chi connectivity index (χ3v) is 2.01. The lowest BCUT2D eigenvalue weighted by atomic mass is 10.1. The smallest absolute Gasteiger partial charge is 0.231 e. The van der Waals surface area contributed by atoms with Crippen molar-refractivity contribution in [2.24, 2.45) is 5.73 Å². The molecule has 70 valence electrons. The average molecular weight is 181 g/mol. The molecule has 0 aromatic heterocycles. The molecule has 13 heavy (non-hydrogen) atoms. The number of hydrogen-bond donors (Lipinski definition) is 2. The summed E-state index contributed by atoms with van der Waals surface area (Å²) >= 11 is 0. The quantitative estimate of drug-likeness (QED) is 0.681. The molecule has 0 fully saturated rings. The lowest BCUT2D eigenvalue weighted by Gasteiger charge is -2.10. The molecular weight excluding hydrogens is 170 g/mol. The summed E-state index contributed by atoms with van der Waals surface area (Å²) in [6, 6.07) is 2.96. The summed E-state index contributed by atoms with van der Waals surface area (Å²) in [5.41, 5.74) is 6.30. The van der Waals surface area contributed by atoms with Gasteiger partial charge in [-0.2, -0.15) is 0 Å². The third-order valence-electron chi connectivity index (χ3n) is 2.01. The van der Waals surface area contributed by atoms with Crippen LogP contribution in [0.4, 0.5) is 0 Å². The number of nitrogens with two attached hydrogens (primary N) is 1. The summed E-state index contributed by atoms with van der Waals surface area (Å²) in [6.45, 7) is 1.98. The molecule has 1 unspecified atom stereocenters. The van der Waals surface area contributed by atoms with Gasteiger partial charge in [-0.1, -0.05) is 0 Å². The fraction of sp³-hybridized carbons (Fsp3) is 0.333. The van der Waals surface area contributed by atoms with Gasteiger partial charge in [0.2, 0.25) is 6.79 Å². The van der Waals surface area contributed by atoms with Crippen molar-refractivity contribution in [2.45, 2.75) is 13.0 Å². The molecule has 1 heterocycles. The molecule has 0 radical (unpaired) electrons. The lowest BCUT2D eigenvalue weighted by molar-refractivity contribution is 0.173. The van der Waals surface area contributed by atoms with Crippen molar-refractivity contribution < 1.29 is 14.6 Å². The number of hydrogen-bond acceptors (Lipinski definition) is 4. The minimum atomic E-state index is -0.267. The highest BCUT2D eigenvalue weighted by Crippen LogP contribution is 2.42. The standard InChI is InChI=1S/C9H11NO3/c1-5(10)8-6(11)2-3-7-9(8)13-4-12-7/h2-3,5,11H,4,10H2,1H3. The van der Waals surface area contributed by atoms with Crippen LogP contribution in [0.2, 0.25) is 0 Å². The van der Waals surface area contributed by atoms with Crippen LogP contribution in [0.1, 0.15) is 18.5 Å². The van der Waals surface area contributed by atoms with Crippen LogP contribution in [-0.4, -0.2) is 11.9 Å². The molecule has 1 aromatic rings. The Morgan fingerprint density at radius 3 is 2.92 bits per heavy atom. The minimum Gasteiger partial charge on any atom is -0.507 e. The molecule has 4 nitrogen and oxygen atoms in total. The number of aromatic hydroxyl groups is 1. The van der Waals surface area contributed by atoms with Crippen LogP contribution in [-0.2, 0) is 0 Å². The van der Waals surface area contributed by atoms with E-state index in [4.69, 9.17) is 15.2 Å². The number of benzene rings is 1. The second-order valence-electron chi connectivity index (χ2n) is 3.02. The van der Waals surface area contributed by atoms with E-state index in [2.05, 4.69) is 0 Å². The predicted molar refractivity (Wildman–Crippen MR) is 46.8 cm³/mol. The molecule has 1 atom stereocenters. The Morgan fingerprint density at radius 1 is 1.46 bits per heavy atom. The van der Waals surface area contributed by atoms with Gasteiger partial charge in [-0.15, -0.1) is 0 Å². The van der Waals surface area contributed by atoms with Gasteiger partial charge in [0.25, 0.3) is 0 Å². The van der Waals surface area contributed by atoms with E-state index in [0.29, 0.717) is 17.1 Å². The molecule has 1 aliphatic heterocycles. The molecule has 0 spiro atoms. The highest BCUT2D eigenvalue weighted by Gasteiger charge is 2.22. The van der Waals surface area contributed by atoms with Crippen LogP contribution in [0.3, 0.4) is 0 Å². The molecule has 0 bridgehead atoms. The van der Waals surface area contributed by atoms with Crippen LogP contribution in [0.25, 0.3) is 0 Å². The van der Waals surface area contributed by atoms with Gasteiger partial charge in [0.05, 0.1) is 5.56 Å². The molecule has 1 aliphatic rings. The topological polar surface area (TPSA) is 64.7 Å².